The normalized spacial score (nSPS) is 21.6. The largest absolute Gasteiger partial charge is 0.482 e. The SMILES string of the molecule is CCCC1(C)C(=O)NCCN1S(=O)(=O)c1ccc(OCC(=O)O)cc1. The number of piperazine rings is 1. The first-order valence-electron chi connectivity index (χ1n) is 7.97. The Labute approximate surface area is 146 Å². The van der Waals surface area contributed by atoms with E-state index in [0.717, 1.165) is 0 Å². The van der Waals surface area contributed by atoms with Crippen LogP contribution in [-0.4, -0.2) is 54.9 Å². The molecule has 0 aliphatic carbocycles. The maximum absolute atomic E-state index is 13.0. The molecule has 0 aromatic heterocycles. The lowest BCUT2D eigenvalue weighted by Gasteiger charge is -2.42. The molecule has 8 nitrogen and oxygen atoms in total. The maximum atomic E-state index is 13.0. The smallest absolute Gasteiger partial charge is 0.341 e. The van der Waals surface area contributed by atoms with Crippen molar-refractivity contribution in [3.63, 3.8) is 0 Å². The van der Waals surface area contributed by atoms with Gasteiger partial charge in [-0.3, -0.25) is 4.79 Å². The predicted octanol–water partition coefficient (Wildman–Crippen LogP) is 0.829. The lowest BCUT2D eigenvalue weighted by Crippen LogP contribution is -2.64. The molecule has 1 saturated heterocycles. The molecule has 1 aliphatic heterocycles. The molecule has 0 saturated carbocycles. The summed E-state index contributed by atoms with van der Waals surface area (Å²) in [6, 6.07) is 5.50. The van der Waals surface area contributed by atoms with Gasteiger partial charge in [-0.15, -0.1) is 0 Å². The Hall–Kier alpha value is -2.13. The topological polar surface area (TPSA) is 113 Å². The second kappa shape index (κ2) is 7.40. The van der Waals surface area contributed by atoms with Crippen molar-refractivity contribution in [2.45, 2.75) is 37.1 Å². The van der Waals surface area contributed by atoms with Gasteiger partial charge in [-0.1, -0.05) is 13.3 Å². The average molecular weight is 370 g/mol. The van der Waals surface area contributed by atoms with E-state index in [1.807, 2.05) is 6.92 Å². The molecule has 2 rings (SSSR count). The Morgan fingerprint density at radius 2 is 2.00 bits per heavy atom. The number of amides is 1. The molecule has 0 radical (unpaired) electrons. The van der Waals surface area contributed by atoms with E-state index in [1.165, 1.54) is 28.6 Å². The van der Waals surface area contributed by atoms with E-state index in [2.05, 4.69) is 5.32 Å². The Balaban J connectivity index is 2.30. The quantitative estimate of drug-likeness (QED) is 0.735. The number of carbonyl (C=O) groups excluding carboxylic acids is 1. The number of hydrogen-bond acceptors (Lipinski definition) is 5. The third-order valence-corrected chi connectivity index (χ3v) is 6.18. The highest BCUT2D eigenvalue weighted by Gasteiger charge is 2.47. The number of nitrogens with one attached hydrogen (secondary N) is 1. The molecule has 1 aromatic rings. The van der Waals surface area contributed by atoms with Crippen LogP contribution < -0.4 is 10.1 Å². The van der Waals surface area contributed by atoms with Crippen LogP contribution in [0.1, 0.15) is 26.7 Å². The van der Waals surface area contributed by atoms with Gasteiger partial charge in [0.25, 0.3) is 0 Å². The van der Waals surface area contributed by atoms with Crippen molar-refractivity contribution in [3.8, 4) is 5.75 Å². The predicted molar refractivity (Wildman–Crippen MR) is 89.8 cm³/mol. The second-order valence-electron chi connectivity index (χ2n) is 6.01. The Morgan fingerprint density at radius 3 is 2.56 bits per heavy atom. The van der Waals surface area contributed by atoms with Gasteiger partial charge >= 0.3 is 5.97 Å². The van der Waals surface area contributed by atoms with Gasteiger partial charge in [0, 0.05) is 13.1 Å². The molecule has 1 heterocycles. The number of ether oxygens (including phenoxy) is 1. The molecule has 2 N–H and O–H groups in total. The first kappa shape index (κ1) is 19.2. The first-order chi connectivity index (χ1) is 11.7. The molecular weight excluding hydrogens is 348 g/mol. The van der Waals surface area contributed by atoms with Crippen LogP contribution in [-0.2, 0) is 19.6 Å². The van der Waals surface area contributed by atoms with Crippen LogP contribution in [0.2, 0.25) is 0 Å². The van der Waals surface area contributed by atoms with Gasteiger partial charge in [-0.05, 0) is 37.6 Å². The summed E-state index contributed by atoms with van der Waals surface area (Å²) in [6.07, 6.45) is 1.08. The van der Waals surface area contributed by atoms with Gasteiger partial charge in [0.2, 0.25) is 15.9 Å². The molecule has 1 atom stereocenters. The minimum Gasteiger partial charge on any atom is -0.482 e. The van der Waals surface area contributed by atoms with E-state index >= 15 is 0 Å². The average Bonchev–Trinajstić information content (AvgIpc) is 2.56. The molecule has 1 unspecified atom stereocenters. The lowest BCUT2D eigenvalue weighted by molar-refractivity contribution is -0.139. The Kier molecular flexibility index (Phi) is 5.69. The monoisotopic (exact) mass is 370 g/mol. The van der Waals surface area contributed by atoms with Crippen molar-refractivity contribution in [2.75, 3.05) is 19.7 Å². The van der Waals surface area contributed by atoms with Gasteiger partial charge < -0.3 is 15.2 Å². The van der Waals surface area contributed by atoms with Gasteiger partial charge in [0.05, 0.1) is 4.90 Å². The summed E-state index contributed by atoms with van der Waals surface area (Å²) in [5.74, 6) is -1.16. The lowest BCUT2D eigenvalue weighted by atomic mass is 9.93. The van der Waals surface area contributed by atoms with E-state index in [9.17, 15) is 18.0 Å². The summed E-state index contributed by atoms with van der Waals surface area (Å²) < 4.78 is 32.3. The highest BCUT2D eigenvalue weighted by Crippen LogP contribution is 2.31. The fourth-order valence-electron chi connectivity index (χ4n) is 2.91. The molecule has 0 bridgehead atoms. The van der Waals surface area contributed by atoms with Crippen LogP contribution in [0.25, 0.3) is 0 Å². The molecular formula is C16H22N2O6S. The summed E-state index contributed by atoms with van der Waals surface area (Å²) in [4.78, 5) is 22.8. The van der Waals surface area contributed by atoms with Crippen LogP contribution >= 0.6 is 0 Å². The van der Waals surface area contributed by atoms with Crippen molar-refractivity contribution in [3.05, 3.63) is 24.3 Å². The van der Waals surface area contributed by atoms with E-state index < -0.39 is 28.1 Å². The molecule has 1 fully saturated rings. The van der Waals surface area contributed by atoms with Crippen molar-refractivity contribution >= 4 is 21.9 Å². The van der Waals surface area contributed by atoms with Crippen molar-refractivity contribution in [2.24, 2.45) is 0 Å². The van der Waals surface area contributed by atoms with Crippen LogP contribution in [0.15, 0.2) is 29.2 Å². The number of hydrogen-bond donors (Lipinski definition) is 2. The van der Waals surface area contributed by atoms with Crippen LogP contribution in [0, 0.1) is 0 Å². The van der Waals surface area contributed by atoms with Crippen LogP contribution in [0.3, 0.4) is 0 Å². The molecule has 138 valence electrons. The number of nitrogens with zero attached hydrogens (tertiary/aromatic N) is 1. The van der Waals surface area contributed by atoms with Crippen molar-refractivity contribution in [1.82, 2.24) is 9.62 Å². The van der Waals surface area contributed by atoms with E-state index in [0.29, 0.717) is 12.8 Å². The number of carbonyl (C=O) groups is 2. The van der Waals surface area contributed by atoms with Gasteiger partial charge in [0.1, 0.15) is 11.3 Å². The highest BCUT2D eigenvalue weighted by molar-refractivity contribution is 7.89. The summed E-state index contributed by atoms with van der Waals surface area (Å²) in [6.45, 7) is 3.48. The number of benzene rings is 1. The summed E-state index contributed by atoms with van der Waals surface area (Å²) >= 11 is 0. The minimum atomic E-state index is -3.87. The number of rotatable bonds is 7. The molecule has 1 aromatic carbocycles. The third-order valence-electron chi connectivity index (χ3n) is 4.15. The number of aliphatic carboxylic acids is 1. The van der Waals surface area contributed by atoms with Gasteiger partial charge in [-0.25, -0.2) is 13.2 Å². The minimum absolute atomic E-state index is 0.0344. The molecule has 1 aliphatic rings. The zero-order chi connectivity index (χ0) is 18.7. The molecule has 9 heteroatoms. The van der Waals surface area contributed by atoms with Crippen molar-refractivity contribution in [1.29, 1.82) is 0 Å². The zero-order valence-electron chi connectivity index (χ0n) is 14.2. The first-order valence-corrected chi connectivity index (χ1v) is 9.41. The highest BCUT2D eigenvalue weighted by atomic mass is 32.2. The van der Waals surface area contributed by atoms with E-state index in [-0.39, 0.29) is 29.6 Å². The molecule has 1 amide bonds. The Morgan fingerprint density at radius 1 is 1.36 bits per heavy atom. The van der Waals surface area contributed by atoms with Crippen LogP contribution in [0.5, 0.6) is 5.75 Å². The van der Waals surface area contributed by atoms with Crippen LogP contribution in [0.4, 0.5) is 0 Å². The number of sulfonamides is 1. The Bertz CT molecular complexity index is 746. The fraction of sp³-hybridized carbons (Fsp3) is 0.500. The number of carboxylic acids is 1. The van der Waals surface area contributed by atoms with Gasteiger partial charge in [-0.2, -0.15) is 4.31 Å². The zero-order valence-corrected chi connectivity index (χ0v) is 15.0. The van der Waals surface area contributed by atoms with Crippen molar-refractivity contribution < 1.29 is 27.9 Å². The van der Waals surface area contributed by atoms with Gasteiger partial charge in [0.15, 0.2) is 6.61 Å². The van der Waals surface area contributed by atoms with E-state index in [1.54, 1.807) is 6.92 Å². The third kappa shape index (κ3) is 3.93. The second-order valence-corrected chi connectivity index (χ2v) is 7.87. The number of carboxylic acid groups (broad SMARTS) is 1. The maximum Gasteiger partial charge on any atom is 0.341 e. The fourth-order valence-corrected chi connectivity index (χ4v) is 4.68. The summed E-state index contributed by atoms with van der Waals surface area (Å²) in [7, 11) is -3.87. The molecule has 25 heavy (non-hydrogen) atoms. The van der Waals surface area contributed by atoms with E-state index in [4.69, 9.17) is 9.84 Å². The summed E-state index contributed by atoms with van der Waals surface area (Å²) in [5, 5.41) is 11.3. The standard InChI is InChI=1S/C16H22N2O6S/c1-3-8-16(2)15(21)17-9-10-18(16)25(22,23)13-6-4-12(5-7-13)24-11-14(19)20/h4-7H,3,8-11H2,1-2H3,(H,17,21)(H,19,20). The molecule has 0 spiro atoms. The summed E-state index contributed by atoms with van der Waals surface area (Å²) in [5.41, 5.74) is -1.13.